The van der Waals surface area contributed by atoms with Crippen LogP contribution in [0.3, 0.4) is 0 Å². The summed E-state index contributed by atoms with van der Waals surface area (Å²) in [4.78, 5) is 16.7. The third-order valence-electron chi connectivity index (χ3n) is 4.00. The van der Waals surface area contributed by atoms with E-state index in [0.717, 1.165) is 11.1 Å². The van der Waals surface area contributed by atoms with Crippen LogP contribution < -0.4 is 11.1 Å². The number of pyridine rings is 1. The van der Waals surface area contributed by atoms with Crippen molar-refractivity contribution in [2.24, 2.45) is 7.05 Å². The third kappa shape index (κ3) is 3.40. The van der Waals surface area contributed by atoms with Gasteiger partial charge in [-0.05, 0) is 42.5 Å². The predicted octanol–water partition coefficient (Wildman–Crippen LogP) is 2.97. The van der Waals surface area contributed by atoms with Gasteiger partial charge in [0.1, 0.15) is 17.1 Å². The molecule has 8 heteroatoms. The summed E-state index contributed by atoms with van der Waals surface area (Å²) >= 11 is 0. The Kier molecular flexibility index (Phi) is 4.13. The lowest BCUT2D eigenvalue weighted by Crippen LogP contribution is -2.14. The van der Waals surface area contributed by atoms with Gasteiger partial charge in [0.2, 0.25) is 0 Å². The molecule has 0 aliphatic carbocycles. The Morgan fingerprint density at radius 3 is 2.70 bits per heavy atom. The monoisotopic (exact) mass is 360 g/mol. The van der Waals surface area contributed by atoms with Crippen molar-refractivity contribution in [3.05, 3.63) is 66.8 Å². The Bertz CT molecular complexity index is 1080. The second-order valence-corrected chi connectivity index (χ2v) is 5.94. The van der Waals surface area contributed by atoms with Crippen molar-refractivity contribution in [1.29, 1.82) is 0 Å². The van der Waals surface area contributed by atoms with Gasteiger partial charge in [-0.1, -0.05) is 5.21 Å². The van der Waals surface area contributed by atoms with Crippen molar-refractivity contribution in [1.82, 2.24) is 20.0 Å². The maximum absolute atomic E-state index is 12.5. The minimum atomic E-state index is -0.357. The summed E-state index contributed by atoms with van der Waals surface area (Å²) in [6, 6.07) is 12.4. The molecule has 0 aliphatic heterocycles. The number of benzene rings is 1. The second kappa shape index (κ2) is 6.75. The van der Waals surface area contributed by atoms with Crippen molar-refractivity contribution < 1.29 is 9.21 Å². The molecule has 0 fully saturated rings. The van der Waals surface area contributed by atoms with E-state index in [1.807, 2.05) is 12.1 Å². The molecule has 27 heavy (non-hydrogen) atoms. The van der Waals surface area contributed by atoms with E-state index in [1.54, 1.807) is 60.7 Å². The van der Waals surface area contributed by atoms with Crippen LogP contribution in [-0.4, -0.2) is 25.9 Å². The van der Waals surface area contributed by atoms with E-state index in [0.29, 0.717) is 22.8 Å². The molecule has 0 spiro atoms. The van der Waals surface area contributed by atoms with Crippen LogP contribution in [0, 0.1) is 0 Å². The van der Waals surface area contributed by atoms with Crippen molar-refractivity contribution in [2.75, 3.05) is 11.1 Å². The lowest BCUT2D eigenvalue weighted by Gasteiger charge is -2.09. The van der Waals surface area contributed by atoms with Gasteiger partial charge in [-0.2, -0.15) is 0 Å². The molecule has 0 bridgehead atoms. The predicted molar refractivity (Wildman–Crippen MR) is 101 cm³/mol. The first-order valence-corrected chi connectivity index (χ1v) is 8.17. The quantitative estimate of drug-likeness (QED) is 0.541. The van der Waals surface area contributed by atoms with Gasteiger partial charge >= 0.3 is 0 Å². The topological polar surface area (TPSA) is 112 Å². The fraction of sp³-hybridized carbons (Fsp3) is 0.0526. The minimum absolute atomic E-state index is 0.269. The van der Waals surface area contributed by atoms with Crippen LogP contribution in [0.15, 0.2) is 65.5 Å². The Hall–Kier alpha value is -3.94. The number of anilines is 2. The molecule has 4 rings (SSSR count). The molecule has 0 radical (unpaired) electrons. The molecule has 0 atom stereocenters. The summed E-state index contributed by atoms with van der Waals surface area (Å²) in [5.74, 6) is 0.334. The average Bonchev–Trinajstić information content (AvgIpc) is 3.35. The van der Waals surface area contributed by atoms with Gasteiger partial charge in [-0.3, -0.25) is 14.5 Å². The summed E-state index contributed by atoms with van der Waals surface area (Å²) in [5, 5.41) is 10.7. The smallest absolute Gasteiger partial charge is 0.274 e. The number of hydrogen-bond acceptors (Lipinski definition) is 6. The summed E-state index contributed by atoms with van der Waals surface area (Å²) in [6.07, 6.45) is 4.95. The van der Waals surface area contributed by atoms with Gasteiger partial charge in [-0.15, -0.1) is 5.10 Å². The number of amides is 1. The molecule has 3 heterocycles. The first-order chi connectivity index (χ1) is 13.1. The summed E-state index contributed by atoms with van der Waals surface area (Å²) in [5.41, 5.74) is 9.48. The first-order valence-electron chi connectivity index (χ1n) is 8.17. The zero-order chi connectivity index (χ0) is 18.8. The molecule has 1 amide bonds. The van der Waals surface area contributed by atoms with Crippen molar-refractivity contribution in [3.8, 4) is 22.6 Å². The number of aromatic nitrogens is 4. The van der Waals surface area contributed by atoms with Crippen LogP contribution in [0.25, 0.3) is 22.6 Å². The van der Waals surface area contributed by atoms with Crippen LogP contribution in [0.4, 0.5) is 11.4 Å². The number of nitrogens with one attached hydrogen (secondary N) is 1. The Morgan fingerprint density at radius 2 is 2.04 bits per heavy atom. The minimum Gasteiger partial charge on any atom is -0.464 e. The van der Waals surface area contributed by atoms with E-state index in [2.05, 4.69) is 20.6 Å². The fourth-order valence-corrected chi connectivity index (χ4v) is 2.61. The number of furan rings is 1. The fourth-order valence-electron chi connectivity index (χ4n) is 2.61. The normalized spacial score (nSPS) is 10.7. The Labute approximate surface area is 154 Å². The van der Waals surface area contributed by atoms with E-state index >= 15 is 0 Å². The van der Waals surface area contributed by atoms with Gasteiger partial charge in [-0.25, -0.2) is 0 Å². The molecule has 0 aliphatic rings. The number of nitrogens with two attached hydrogens (primary N) is 1. The number of nitrogen functional groups attached to an aromatic ring is 1. The SMILES string of the molecule is Cn1cc(-c2ccc(C(=O)Nc3cc(-c4ccco4)ccc3N)nc2)nn1. The second-order valence-electron chi connectivity index (χ2n) is 5.94. The van der Waals surface area contributed by atoms with Crippen molar-refractivity contribution in [3.63, 3.8) is 0 Å². The molecular formula is C19H16N6O2. The molecule has 3 aromatic heterocycles. The number of carbonyl (C=O) groups is 1. The summed E-state index contributed by atoms with van der Waals surface area (Å²) in [6.45, 7) is 0. The van der Waals surface area contributed by atoms with Crippen LogP contribution in [0.5, 0.6) is 0 Å². The highest BCUT2D eigenvalue weighted by atomic mass is 16.3. The summed E-state index contributed by atoms with van der Waals surface area (Å²) in [7, 11) is 1.78. The summed E-state index contributed by atoms with van der Waals surface area (Å²) < 4.78 is 6.98. The highest BCUT2D eigenvalue weighted by Crippen LogP contribution is 2.28. The van der Waals surface area contributed by atoms with Crippen molar-refractivity contribution >= 4 is 17.3 Å². The van der Waals surface area contributed by atoms with Crippen molar-refractivity contribution in [2.45, 2.75) is 0 Å². The number of carbonyl (C=O) groups excluding carboxylic acids is 1. The van der Waals surface area contributed by atoms with Gasteiger partial charge in [0.25, 0.3) is 5.91 Å². The zero-order valence-electron chi connectivity index (χ0n) is 14.5. The molecule has 8 nitrogen and oxygen atoms in total. The molecule has 4 aromatic rings. The van der Waals surface area contributed by atoms with Gasteiger partial charge < -0.3 is 15.5 Å². The highest BCUT2D eigenvalue weighted by molar-refractivity contribution is 6.05. The number of aryl methyl sites for hydroxylation is 1. The van der Waals surface area contributed by atoms with Crippen LogP contribution in [-0.2, 0) is 7.05 Å². The first kappa shape index (κ1) is 16.5. The van der Waals surface area contributed by atoms with Gasteiger partial charge in [0, 0.05) is 24.4 Å². The maximum Gasteiger partial charge on any atom is 0.274 e. The molecule has 0 saturated heterocycles. The van der Waals surface area contributed by atoms with E-state index in [-0.39, 0.29) is 11.6 Å². The van der Waals surface area contributed by atoms with E-state index in [9.17, 15) is 4.79 Å². The van der Waals surface area contributed by atoms with Crippen LogP contribution in [0.1, 0.15) is 10.5 Å². The third-order valence-corrected chi connectivity index (χ3v) is 4.00. The lowest BCUT2D eigenvalue weighted by atomic mass is 10.1. The van der Waals surface area contributed by atoms with Crippen LogP contribution >= 0.6 is 0 Å². The molecular weight excluding hydrogens is 344 g/mol. The number of rotatable bonds is 4. The molecule has 1 aromatic carbocycles. The number of nitrogens with zero attached hydrogens (tertiary/aromatic N) is 4. The van der Waals surface area contributed by atoms with Gasteiger partial charge in [0.15, 0.2) is 0 Å². The molecule has 0 unspecified atom stereocenters. The molecule has 3 N–H and O–H groups in total. The largest absolute Gasteiger partial charge is 0.464 e. The molecule has 0 saturated carbocycles. The highest BCUT2D eigenvalue weighted by Gasteiger charge is 2.12. The van der Waals surface area contributed by atoms with Gasteiger partial charge in [0.05, 0.1) is 23.8 Å². The van der Waals surface area contributed by atoms with E-state index in [1.165, 1.54) is 0 Å². The van der Waals surface area contributed by atoms with E-state index in [4.69, 9.17) is 10.2 Å². The number of hydrogen-bond donors (Lipinski definition) is 2. The maximum atomic E-state index is 12.5. The standard InChI is InChI=1S/C19H16N6O2/c1-25-11-17(23-24-25)13-5-7-15(21-10-13)19(26)22-16-9-12(4-6-14(16)20)18-3-2-8-27-18/h2-11H,20H2,1H3,(H,22,26). The zero-order valence-corrected chi connectivity index (χ0v) is 14.5. The average molecular weight is 360 g/mol. The Balaban J connectivity index is 1.54. The molecule has 134 valence electrons. The Morgan fingerprint density at radius 1 is 1.19 bits per heavy atom. The lowest BCUT2D eigenvalue weighted by molar-refractivity contribution is 0.102. The van der Waals surface area contributed by atoms with Crippen LogP contribution in [0.2, 0.25) is 0 Å². The van der Waals surface area contributed by atoms with E-state index < -0.39 is 0 Å².